The van der Waals surface area contributed by atoms with E-state index < -0.39 is 0 Å². The van der Waals surface area contributed by atoms with Gasteiger partial charge in [0.2, 0.25) is 5.91 Å². The number of nitrogens with zero attached hydrogens (tertiary/aromatic N) is 1. The maximum atomic E-state index is 12.7. The lowest BCUT2D eigenvalue weighted by Gasteiger charge is -1.95. The van der Waals surface area contributed by atoms with Gasteiger partial charge in [-0.05, 0) is 30.5 Å². The predicted octanol–water partition coefficient (Wildman–Crippen LogP) is 1.69. The highest BCUT2D eigenvalue weighted by molar-refractivity contribution is 5.84. The molecule has 0 aliphatic heterocycles. The fraction of sp³-hybridized carbons (Fsp3) is 0.273. The van der Waals surface area contributed by atoms with Gasteiger partial charge in [0.15, 0.2) is 0 Å². The summed E-state index contributed by atoms with van der Waals surface area (Å²) < 4.78 is 12.7. The monoisotopic (exact) mass is 206 g/mol. The maximum Gasteiger partial charge on any atom is 0.243 e. The lowest BCUT2D eigenvalue weighted by molar-refractivity contribution is -0.122. The van der Waals surface area contributed by atoms with Crippen molar-refractivity contribution in [3.63, 3.8) is 0 Å². The van der Waals surface area contributed by atoms with Crippen LogP contribution in [0.3, 0.4) is 0 Å². The summed E-state index contributed by atoms with van der Waals surface area (Å²) in [5, 5.41) is 3.75. The Kier molecular flexibility index (Phi) is 2.76. The second kappa shape index (κ2) is 4.21. The molecule has 0 spiro atoms. The van der Waals surface area contributed by atoms with Crippen LogP contribution in [0.2, 0.25) is 0 Å². The van der Waals surface area contributed by atoms with Gasteiger partial charge < -0.3 is 0 Å². The highest BCUT2D eigenvalue weighted by atomic mass is 19.1. The molecule has 1 fully saturated rings. The fourth-order valence-electron chi connectivity index (χ4n) is 1.19. The van der Waals surface area contributed by atoms with Gasteiger partial charge in [0.25, 0.3) is 0 Å². The van der Waals surface area contributed by atoms with E-state index in [2.05, 4.69) is 10.5 Å². The highest BCUT2D eigenvalue weighted by Crippen LogP contribution is 2.28. The average Bonchev–Trinajstić information content (AvgIpc) is 3.00. The van der Waals surface area contributed by atoms with Crippen LogP contribution in [-0.4, -0.2) is 12.1 Å². The van der Waals surface area contributed by atoms with E-state index in [1.807, 2.05) is 0 Å². The molecule has 15 heavy (non-hydrogen) atoms. The second-order valence-electron chi connectivity index (χ2n) is 3.56. The molecule has 0 unspecified atom stereocenters. The molecule has 1 aliphatic carbocycles. The largest absolute Gasteiger partial charge is 0.273 e. The van der Waals surface area contributed by atoms with Crippen LogP contribution >= 0.6 is 0 Å². The number of amides is 1. The number of carbonyl (C=O) groups excluding carboxylic acids is 1. The fourth-order valence-corrected chi connectivity index (χ4v) is 1.19. The van der Waals surface area contributed by atoms with E-state index in [1.165, 1.54) is 18.3 Å². The van der Waals surface area contributed by atoms with E-state index in [4.69, 9.17) is 0 Å². The minimum atomic E-state index is -0.313. The Labute approximate surface area is 87.0 Å². The summed E-state index contributed by atoms with van der Waals surface area (Å²) in [7, 11) is 0. The number of carbonyl (C=O) groups is 1. The Morgan fingerprint density at radius 3 is 3.00 bits per heavy atom. The first kappa shape index (κ1) is 9.83. The molecular weight excluding hydrogens is 195 g/mol. The van der Waals surface area contributed by atoms with Crippen LogP contribution in [0.15, 0.2) is 29.4 Å². The normalized spacial score (nSPS) is 15.5. The van der Waals surface area contributed by atoms with Gasteiger partial charge in [0.05, 0.1) is 6.21 Å². The molecular formula is C11H11FN2O. The summed E-state index contributed by atoms with van der Waals surface area (Å²) in [6.45, 7) is 0. The molecule has 1 N–H and O–H groups in total. The maximum absolute atomic E-state index is 12.7. The molecule has 2 rings (SSSR count). The Morgan fingerprint density at radius 1 is 1.53 bits per heavy atom. The zero-order chi connectivity index (χ0) is 10.7. The lowest BCUT2D eigenvalue weighted by Crippen LogP contribution is -2.18. The molecule has 0 heterocycles. The number of hydrogen-bond donors (Lipinski definition) is 1. The molecule has 0 atom stereocenters. The molecule has 0 bridgehead atoms. The molecule has 3 nitrogen and oxygen atoms in total. The third-order valence-electron chi connectivity index (χ3n) is 2.19. The molecule has 78 valence electrons. The van der Waals surface area contributed by atoms with Crippen molar-refractivity contribution in [3.8, 4) is 0 Å². The van der Waals surface area contributed by atoms with Gasteiger partial charge in [0.1, 0.15) is 5.82 Å². The summed E-state index contributed by atoms with van der Waals surface area (Å²) in [4.78, 5) is 11.2. The average molecular weight is 206 g/mol. The van der Waals surface area contributed by atoms with Crippen LogP contribution in [0.1, 0.15) is 18.4 Å². The summed E-state index contributed by atoms with van der Waals surface area (Å²) in [5.74, 6) is -0.232. The first-order valence-electron chi connectivity index (χ1n) is 4.84. The van der Waals surface area contributed by atoms with Crippen molar-refractivity contribution in [3.05, 3.63) is 35.6 Å². The first-order valence-corrected chi connectivity index (χ1v) is 4.84. The number of hydrazone groups is 1. The number of halogens is 1. The minimum Gasteiger partial charge on any atom is -0.273 e. The van der Waals surface area contributed by atoms with Crippen molar-refractivity contribution in [2.75, 3.05) is 0 Å². The van der Waals surface area contributed by atoms with E-state index in [9.17, 15) is 9.18 Å². The van der Waals surface area contributed by atoms with E-state index in [0.29, 0.717) is 5.56 Å². The zero-order valence-corrected chi connectivity index (χ0v) is 8.11. The van der Waals surface area contributed by atoms with Gasteiger partial charge in [-0.1, -0.05) is 12.1 Å². The summed E-state index contributed by atoms with van der Waals surface area (Å²) in [6, 6.07) is 6.03. The predicted molar refractivity (Wildman–Crippen MR) is 54.9 cm³/mol. The smallest absolute Gasteiger partial charge is 0.243 e. The first-order chi connectivity index (χ1) is 7.25. The quantitative estimate of drug-likeness (QED) is 0.593. The topological polar surface area (TPSA) is 41.5 Å². The Hall–Kier alpha value is -1.71. The van der Waals surface area contributed by atoms with Gasteiger partial charge >= 0.3 is 0 Å². The molecule has 0 saturated heterocycles. The van der Waals surface area contributed by atoms with Crippen molar-refractivity contribution in [2.45, 2.75) is 12.8 Å². The van der Waals surface area contributed by atoms with Crippen LogP contribution in [0.5, 0.6) is 0 Å². The number of benzene rings is 1. The van der Waals surface area contributed by atoms with E-state index >= 15 is 0 Å². The molecule has 1 aliphatic rings. The van der Waals surface area contributed by atoms with Crippen molar-refractivity contribution < 1.29 is 9.18 Å². The molecule has 1 aromatic rings. The highest BCUT2D eigenvalue weighted by Gasteiger charge is 2.29. The standard InChI is InChI=1S/C11H11FN2O/c12-10-3-1-2-8(6-10)7-13-14-11(15)9-4-5-9/h1-3,6-7,9H,4-5H2,(H,14,15). The van der Waals surface area contributed by atoms with Gasteiger partial charge in [-0.3, -0.25) is 4.79 Å². The van der Waals surface area contributed by atoms with E-state index in [0.717, 1.165) is 12.8 Å². The summed E-state index contributed by atoms with van der Waals surface area (Å²) in [6.07, 6.45) is 3.33. The van der Waals surface area contributed by atoms with Crippen LogP contribution in [0.4, 0.5) is 4.39 Å². The lowest BCUT2D eigenvalue weighted by atomic mass is 10.2. The number of nitrogens with one attached hydrogen (secondary N) is 1. The molecule has 1 saturated carbocycles. The third kappa shape index (κ3) is 2.87. The molecule has 1 aromatic carbocycles. The Bertz CT molecular complexity index is 399. The molecule has 1 amide bonds. The minimum absolute atomic E-state index is 0.0531. The molecule has 4 heteroatoms. The molecule has 0 aromatic heterocycles. The Balaban J connectivity index is 1.90. The number of hydrogen-bond acceptors (Lipinski definition) is 2. The number of rotatable bonds is 3. The van der Waals surface area contributed by atoms with Crippen LogP contribution < -0.4 is 5.43 Å². The summed E-state index contributed by atoms with van der Waals surface area (Å²) in [5.41, 5.74) is 3.05. The van der Waals surface area contributed by atoms with Crippen molar-refractivity contribution in [1.82, 2.24) is 5.43 Å². The van der Waals surface area contributed by atoms with Gasteiger partial charge in [-0.2, -0.15) is 5.10 Å². The van der Waals surface area contributed by atoms with E-state index in [-0.39, 0.29) is 17.6 Å². The van der Waals surface area contributed by atoms with Crippen molar-refractivity contribution in [2.24, 2.45) is 11.0 Å². The summed E-state index contributed by atoms with van der Waals surface area (Å²) >= 11 is 0. The van der Waals surface area contributed by atoms with Crippen molar-refractivity contribution in [1.29, 1.82) is 0 Å². The second-order valence-corrected chi connectivity index (χ2v) is 3.56. The van der Waals surface area contributed by atoms with Crippen LogP contribution in [0, 0.1) is 11.7 Å². The third-order valence-corrected chi connectivity index (χ3v) is 2.19. The van der Waals surface area contributed by atoms with Crippen molar-refractivity contribution >= 4 is 12.1 Å². The van der Waals surface area contributed by atoms with Gasteiger partial charge in [0, 0.05) is 5.92 Å². The zero-order valence-electron chi connectivity index (χ0n) is 8.11. The Morgan fingerprint density at radius 2 is 2.33 bits per heavy atom. The van der Waals surface area contributed by atoms with E-state index in [1.54, 1.807) is 12.1 Å². The SMILES string of the molecule is O=C(NN=Cc1cccc(F)c1)C1CC1. The van der Waals surface area contributed by atoms with Crippen LogP contribution in [0.25, 0.3) is 0 Å². The molecule has 0 radical (unpaired) electrons. The van der Waals surface area contributed by atoms with Gasteiger partial charge in [-0.25, -0.2) is 9.82 Å². The van der Waals surface area contributed by atoms with Crippen LogP contribution in [-0.2, 0) is 4.79 Å². The van der Waals surface area contributed by atoms with Gasteiger partial charge in [-0.15, -0.1) is 0 Å².